The van der Waals surface area contributed by atoms with Crippen LogP contribution in [0.25, 0.3) is 11.1 Å². The van der Waals surface area contributed by atoms with E-state index in [1.54, 1.807) is 0 Å². The van der Waals surface area contributed by atoms with Gasteiger partial charge in [-0.3, -0.25) is 0 Å². The number of hydrogen-bond donors (Lipinski definition) is 1. The van der Waals surface area contributed by atoms with Crippen LogP contribution in [0.15, 0.2) is 30.3 Å². The fraction of sp³-hybridized carbons (Fsp3) is 0.438. The summed E-state index contributed by atoms with van der Waals surface area (Å²) in [6.45, 7) is 5.73. The van der Waals surface area contributed by atoms with E-state index in [0.29, 0.717) is 11.9 Å². The number of hydrogen-bond acceptors (Lipinski definition) is 4. The average molecular weight is 287 g/mol. The summed E-state index contributed by atoms with van der Waals surface area (Å²) in [5.41, 5.74) is 8.41. The maximum atomic E-state index is 6.13. The van der Waals surface area contributed by atoms with E-state index in [4.69, 9.17) is 5.73 Å². The molecule has 2 N–H and O–H groups in total. The highest BCUT2D eigenvalue weighted by Crippen LogP contribution is 2.42. The van der Waals surface area contributed by atoms with E-state index in [9.17, 15) is 0 Å². The van der Waals surface area contributed by atoms with Crippen LogP contribution in [-0.4, -0.2) is 17.0 Å². The van der Waals surface area contributed by atoms with Gasteiger partial charge in [0.05, 0.1) is 5.56 Å². The second-order valence-corrected chi connectivity index (χ2v) is 6.55. The fourth-order valence-corrected chi connectivity index (χ4v) is 3.89. The van der Waals surface area contributed by atoms with Gasteiger partial charge in [-0.2, -0.15) is 4.37 Å². The molecule has 2 aromatic rings. The van der Waals surface area contributed by atoms with Crippen molar-refractivity contribution in [3.8, 4) is 11.1 Å². The van der Waals surface area contributed by atoms with E-state index in [-0.39, 0.29) is 0 Å². The second kappa shape index (κ2) is 5.44. The van der Waals surface area contributed by atoms with Crippen molar-refractivity contribution in [2.75, 3.05) is 17.2 Å². The molecule has 3 rings (SSSR count). The van der Waals surface area contributed by atoms with Crippen LogP contribution in [0.1, 0.15) is 26.7 Å². The Morgan fingerprint density at radius 2 is 1.95 bits per heavy atom. The molecule has 1 fully saturated rings. The largest absolute Gasteiger partial charge is 0.382 e. The van der Waals surface area contributed by atoms with Crippen molar-refractivity contribution in [1.82, 2.24) is 4.37 Å². The maximum absolute atomic E-state index is 6.13. The number of aromatic nitrogens is 1. The summed E-state index contributed by atoms with van der Waals surface area (Å²) >= 11 is 1.53. The summed E-state index contributed by atoms with van der Waals surface area (Å²) in [6.07, 6.45) is 2.56. The van der Waals surface area contributed by atoms with Gasteiger partial charge in [0.25, 0.3) is 0 Å². The van der Waals surface area contributed by atoms with Crippen LogP contribution in [0.2, 0.25) is 0 Å². The van der Waals surface area contributed by atoms with Crippen LogP contribution in [0.4, 0.5) is 10.8 Å². The van der Waals surface area contributed by atoms with Crippen molar-refractivity contribution in [1.29, 1.82) is 0 Å². The molecule has 1 aliphatic rings. The Labute approximate surface area is 124 Å². The lowest BCUT2D eigenvalue weighted by atomic mass is 9.94. The zero-order valence-electron chi connectivity index (χ0n) is 12.0. The number of nitrogens with zero attached hydrogens (tertiary/aromatic N) is 2. The number of rotatable bonds is 2. The molecular formula is C16H21N3S. The summed E-state index contributed by atoms with van der Waals surface area (Å²) < 4.78 is 4.41. The van der Waals surface area contributed by atoms with Crippen LogP contribution >= 0.6 is 11.5 Å². The number of anilines is 2. The van der Waals surface area contributed by atoms with Gasteiger partial charge in [-0.25, -0.2) is 0 Å². The van der Waals surface area contributed by atoms with E-state index in [2.05, 4.69) is 47.4 Å². The van der Waals surface area contributed by atoms with E-state index >= 15 is 0 Å². The van der Waals surface area contributed by atoms with Crippen molar-refractivity contribution >= 4 is 22.4 Å². The molecule has 1 aliphatic heterocycles. The van der Waals surface area contributed by atoms with E-state index < -0.39 is 0 Å². The lowest BCUT2D eigenvalue weighted by Gasteiger charge is -2.38. The average Bonchev–Trinajstić information content (AvgIpc) is 2.84. The molecule has 4 heteroatoms. The molecule has 106 valence electrons. The lowest BCUT2D eigenvalue weighted by Crippen LogP contribution is -2.40. The highest BCUT2D eigenvalue weighted by Gasteiger charge is 2.27. The smallest absolute Gasteiger partial charge is 0.147 e. The highest BCUT2D eigenvalue weighted by atomic mass is 32.1. The topological polar surface area (TPSA) is 42.2 Å². The molecular weight excluding hydrogens is 266 g/mol. The number of nitrogens with two attached hydrogens (primary N) is 1. The first-order chi connectivity index (χ1) is 9.66. The first kappa shape index (κ1) is 13.4. The van der Waals surface area contributed by atoms with Gasteiger partial charge < -0.3 is 10.6 Å². The number of piperidine rings is 1. The Balaban J connectivity index is 2.02. The molecule has 0 bridgehead atoms. The first-order valence-corrected chi connectivity index (χ1v) is 8.01. The molecule has 1 aromatic heterocycles. The molecule has 1 aromatic carbocycles. The summed E-state index contributed by atoms with van der Waals surface area (Å²) in [4.78, 5) is 2.49. The van der Waals surface area contributed by atoms with Gasteiger partial charge in [0.1, 0.15) is 10.8 Å². The molecule has 1 saturated heterocycles. The zero-order valence-corrected chi connectivity index (χ0v) is 12.9. The van der Waals surface area contributed by atoms with E-state index in [1.807, 2.05) is 6.07 Å². The van der Waals surface area contributed by atoms with Crippen molar-refractivity contribution in [2.45, 2.75) is 32.7 Å². The van der Waals surface area contributed by atoms with Crippen molar-refractivity contribution in [3.05, 3.63) is 30.3 Å². The van der Waals surface area contributed by atoms with Gasteiger partial charge in [-0.1, -0.05) is 37.3 Å². The second-order valence-electron chi connectivity index (χ2n) is 5.80. The van der Waals surface area contributed by atoms with Gasteiger partial charge >= 0.3 is 0 Å². The molecule has 2 unspecified atom stereocenters. The quantitative estimate of drug-likeness (QED) is 0.907. The van der Waals surface area contributed by atoms with Gasteiger partial charge in [-0.15, -0.1) is 0 Å². The van der Waals surface area contributed by atoms with Gasteiger partial charge in [0, 0.05) is 12.6 Å². The predicted octanol–water partition coefficient (Wildman–Crippen LogP) is 4.02. The Bertz CT molecular complexity index is 579. The van der Waals surface area contributed by atoms with Crippen LogP contribution in [-0.2, 0) is 0 Å². The standard InChI is InChI=1S/C16H21N3S/c1-11-8-9-12(2)19(10-11)16-14(15(17)18-20-16)13-6-4-3-5-7-13/h3-7,11-12H,8-10H2,1-2H3,(H2,17,18). The van der Waals surface area contributed by atoms with Crippen molar-refractivity contribution < 1.29 is 0 Å². The summed E-state index contributed by atoms with van der Waals surface area (Å²) in [7, 11) is 0. The third-order valence-corrected chi connectivity index (χ3v) is 5.04. The Morgan fingerprint density at radius 1 is 1.20 bits per heavy atom. The van der Waals surface area contributed by atoms with Crippen LogP contribution in [0, 0.1) is 5.92 Å². The highest BCUT2D eigenvalue weighted by molar-refractivity contribution is 7.11. The predicted molar refractivity (Wildman–Crippen MR) is 87.2 cm³/mol. The van der Waals surface area contributed by atoms with Crippen molar-refractivity contribution in [3.63, 3.8) is 0 Å². The molecule has 0 amide bonds. The lowest BCUT2D eigenvalue weighted by molar-refractivity contribution is 0.392. The molecule has 0 aliphatic carbocycles. The first-order valence-electron chi connectivity index (χ1n) is 7.24. The van der Waals surface area contributed by atoms with Crippen molar-refractivity contribution in [2.24, 2.45) is 5.92 Å². The Hall–Kier alpha value is -1.55. The Kier molecular flexibility index (Phi) is 3.66. The Morgan fingerprint density at radius 3 is 2.70 bits per heavy atom. The fourth-order valence-electron chi connectivity index (χ4n) is 2.94. The molecule has 20 heavy (non-hydrogen) atoms. The zero-order chi connectivity index (χ0) is 14.1. The van der Waals surface area contributed by atoms with Crippen LogP contribution in [0.3, 0.4) is 0 Å². The normalized spacial score (nSPS) is 23.0. The molecule has 3 nitrogen and oxygen atoms in total. The van der Waals surface area contributed by atoms with E-state index in [0.717, 1.165) is 18.0 Å². The van der Waals surface area contributed by atoms with E-state index in [1.165, 1.54) is 34.9 Å². The minimum atomic E-state index is 0.563. The molecule has 0 saturated carbocycles. The molecule has 0 radical (unpaired) electrons. The third kappa shape index (κ3) is 2.40. The SMILES string of the molecule is CC1CCC(C)N(c2snc(N)c2-c2ccccc2)C1. The summed E-state index contributed by atoms with van der Waals surface area (Å²) in [5, 5.41) is 1.23. The minimum Gasteiger partial charge on any atom is -0.382 e. The number of nitrogen functional groups attached to an aromatic ring is 1. The molecule has 2 atom stereocenters. The maximum Gasteiger partial charge on any atom is 0.147 e. The van der Waals surface area contributed by atoms with Crippen LogP contribution in [0.5, 0.6) is 0 Å². The minimum absolute atomic E-state index is 0.563. The summed E-state index contributed by atoms with van der Waals surface area (Å²) in [6, 6.07) is 10.9. The molecule has 0 spiro atoms. The van der Waals surface area contributed by atoms with Gasteiger partial charge in [0.2, 0.25) is 0 Å². The molecule has 2 heterocycles. The third-order valence-electron chi connectivity index (χ3n) is 4.14. The summed E-state index contributed by atoms with van der Waals surface area (Å²) in [5.74, 6) is 1.39. The number of benzene rings is 1. The van der Waals surface area contributed by atoms with Gasteiger partial charge in [0.15, 0.2) is 0 Å². The van der Waals surface area contributed by atoms with Gasteiger partial charge in [-0.05, 0) is 42.8 Å². The monoisotopic (exact) mass is 287 g/mol. The van der Waals surface area contributed by atoms with Crippen LogP contribution < -0.4 is 10.6 Å².